The highest BCUT2D eigenvalue weighted by Gasteiger charge is 2.26. The Labute approximate surface area is 213 Å². The molecule has 0 aliphatic carbocycles. The molecule has 4 rings (SSSR count). The van der Waals surface area contributed by atoms with Gasteiger partial charge < -0.3 is 16.2 Å². The van der Waals surface area contributed by atoms with Crippen molar-refractivity contribution in [1.29, 1.82) is 0 Å². The predicted octanol–water partition coefficient (Wildman–Crippen LogP) is 4.26. The monoisotopic (exact) mass is 503 g/mol. The van der Waals surface area contributed by atoms with Gasteiger partial charge in [-0.25, -0.2) is 8.78 Å². The van der Waals surface area contributed by atoms with Crippen LogP contribution in [0.3, 0.4) is 0 Å². The smallest absolute Gasteiger partial charge is 0.253 e. The van der Waals surface area contributed by atoms with E-state index in [1.165, 1.54) is 18.3 Å². The molecule has 0 unspecified atom stereocenters. The third-order valence-electron chi connectivity index (χ3n) is 6.38. The number of aliphatic hydroxyl groups excluding tert-OH is 1. The first kappa shape index (κ1) is 25.9. The maximum Gasteiger partial charge on any atom is 0.253 e. The molecule has 0 aliphatic heterocycles. The van der Waals surface area contributed by atoms with Gasteiger partial charge in [-0.1, -0.05) is 60.7 Å². The maximum absolute atomic E-state index is 14.0. The number of fused-ring (bicyclic) bond motifs is 1. The van der Waals surface area contributed by atoms with Crippen molar-refractivity contribution in [2.75, 3.05) is 0 Å². The van der Waals surface area contributed by atoms with Gasteiger partial charge in [0.15, 0.2) is 11.6 Å². The SMILES string of the molecule is NC(=O)[C@H](CC[C@H](O)[C@H](Cc1ccccc1)NC(=O)c1cnc2c(F)c(F)ccc2c1)c1ccccc1. The highest BCUT2D eigenvalue weighted by molar-refractivity contribution is 5.97. The van der Waals surface area contributed by atoms with Crippen LogP contribution in [0.2, 0.25) is 0 Å². The average molecular weight is 504 g/mol. The lowest BCUT2D eigenvalue weighted by atomic mass is 9.89. The molecule has 6 nitrogen and oxygen atoms in total. The highest BCUT2D eigenvalue weighted by Crippen LogP contribution is 2.24. The Bertz CT molecular complexity index is 1380. The number of benzene rings is 3. The molecule has 1 heterocycles. The second-order valence-corrected chi connectivity index (χ2v) is 8.94. The minimum atomic E-state index is -1.08. The Hall–Kier alpha value is -4.17. The number of hydrogen-bond acceptors (Lipinski definition) is 4. The Morgan fingerprint density at radius 3 is 2.30 bits per heavy atom. The second kappa shape index (κ2) is 11.7. The molecular formula is C29H27F2N3O3. The summed E-state index contributed by atoms with van der Waals surface area (Å²) in [6.07, 6.45) is 1.02. The minimum Gasteiger partial charge on any atom is -0.391 e. The molecule has 1 aromatic heterocycles. The fraction of sp³-hybridized carbons (Fsp3) is 0.207. The molecule has 4 aromatic rings. The Morgan fingerprint density at radius 2 is 1.62 bits per heavy atom. The quantitative estimate of drug-likeness (QED) is 0.301. The van der Waals surface area contributed by atoms with E-state index in [0.717, 1.165) is 17.2 Å². The van der Waals surface area contributed by atoms with Crippen molar-refractivity contribution in [2.45, 2.75) is 37.3 Å². The van der Waals surface area contributed by atoms with E-state index >= 15 is 0 Å². The zero-order valence-corrected chi connectivity index (χ0v) is 20.0. The number of aliphatic hydroxyl groups is 1. The number of hydrogen-bond donors (Lipinski definition) is 3. The summed E-state index contributed by atoms with van der Waals surface area (Å²) in [5, 5.41) is 14.2. The number of nitrogens with two attached hydrogens (primary N) is 1. The van der Waals surface area contributed by atoms with Gasteiger partial charge in [-0.05, 0) is 48.6 Å². The van der Waals surface area contributed by atoms with Crippen molar-refractivity contribution in [3.63, 3.8) is 0 Å². The summed E-state index contributed by atoms with van der Waals surface area (Å²) in [7, 11) is 0. The molecule has 0 fully saturated rings. The Kier molecular flexibility index (Phi) is 8.20. The third-order valence-corrected chi connectivity index (χ3v) is 6.38. The molecule has 0 radical (unpaired) electrons. The molecule has 4 N–H and O–H groups in total. The van der Waals surface area contributed by atoms with Crippen LogP contribution in [0.1, 0.15) is 40.2 Å². The molecule has 37 heavy (non-hydrogen) atoms. The topological polar surface area (TPSA) is 105 Å². The number of primary amides is 1. The van der Waals surface area contributed by atoms with Crippen molar-refractivity contribution in [3.8, 4) is 0 Å². The molecule has 190 valence electrons. The summed E-state index contributed by atoms with van der Waals surface area (Å²) in [6.45, 7) is 0. The largest absolute Gasteiger partial charge is 0.391 e. The fourth-order valence-electron chi connectivity index (χ4n) is 4.37. The van der Waals surface area contributed by atoms with Gasteiger partial charge >= 0.3 is 0 Å². The van der Waals surface area contributed by atoms with Crippen LogP contribution in [0.5, 0.6) is 0 Å². The molecule has 3 aromatic carbocycles. The molecule has 0 saturated carbocycles. The maximum atomic E-state index is 14.0. The third kappa shape index (κ3) is 6.34. The van der Waals surface area contributed by atoms with Gasteiger partial charge in [-0.2, -0.15) is 0 Å². The summed E-state index contributed by atoms with van der Waals surface area (Å²) in [5.74, 6) is -3.69. The first-order chi connectivity index (χ1) is 17.8. The summed E-state index contributed by atoms with van der Waals surface area (Å²) < 4.78 is 27.5. The fourth-order valence-corrected chi connectivity index (χ4v) is 4.37. The van der Waals surface area contributed by atoms with Crippen LogP contribution in [0, 0.1) is 11.6 Å². The molecular weight excluding hydrogens is 476 g/mol. The van der Waals surface area contributed by atoms with Crippen molar-refractivity contribution in [3.05, 3.63) is 113 Å². The van der Waals surface area contributed by atoms with Crippen LogP contribution in [0.15, 0.2) is 85.1 Å². The van der Waals surface area contributed by atoms with E-state index in [0.29, 0.717) is 12.8 Å². The van der Waals surface area contributed by atoms with Gasteiger partial charge in [-0.3, -0.25) is 14.6 Å². The van der Waals surface area contributed by atoms with Gasteiger partial charge in [0, 0.05) is 11.6 Å². The van der Waals surface area contributed by atoms with E-state index in [4.69, 9.17) is 5.73 Å². The molecule has 0 bridgehead atoms. The number of nitrogens with one attached hydrogen (secondary N) is 1. The van der Waals surface area contributed by atoms with Crippen LogP contribution in [-0.4, -0.2) is 34.1 Å². The van der Waals surface area contributed by atoms with Crippen LogP contribution >= 0.6 is 0 Å². The first-order valence-electron chi connectivity index (χ1n) is 11.9. The second-order valence-electron chi connectivity index (χ2n) is 8.94. The molecule has 2 amide bonds. The number of amides is 2. The summed E-state index contributed by atoms with van der Waals surface area (Å²) in [4.78, 5) is 29.1. The number of nitrogens with zero attached hydrogens (tertiary/aromatic N) is 1. The lowest BCUT2D eigenvalue weighted by Crippen LogP contribution is -2.45. The van der Waals surface area contributed by atoms with Gasteiger partial charge in [0.2, 0.25) is 5.91 Å². The zero-order valence-electron chi connectivity index (χ0n) is 20.0. The van der Waals surface area contributed by atoms with Crippen LogP contribution in [0.25, 0.3) is 10.9 Å². The van der Waals surface area contributed by atoms with E-state index in [1.807, 2.05) is 60.7 Å². The molecule has 0 aliphatic rings. The Morgan fingerprint density at radius 1 is 0.946 bits per heavy atom. The van der Waals surface area contributed by atoms with Crippen LogP contribution in [0.4, 0.5) is 8.78 Å². The zero-order chi connectivity index (χ0) is 26.4. The molecule has 8 heteroatoms. The average Bonchev–Trinajstić information content (AvgIpc) is 2.91. The van der Waals surface area contributed by atoms with Gasteiger partial charge in [0.25, 0.3) is 5.91 Å². The molecule has 3 atom stereocenters. The lowest BCUT2D eigenvalue weighted by molar-refractivity contribution is -0.119. The van der Waals surface area contributed by atoms with Gasteiger partial charge in [-0.15, -0.1) is 0 Å². The number of aromatic nitrogens is 1. The molecule has 0 spiro atoms. The van der Waals surface area contributed by atoms with E-state index < -0.39 is 41.5 Å². The van der Waals surface area contributed by atoms with E-state index in [9.17, 15) is 23.5 Å². The molecule has 0 saturated heterocycles. The number of pyridine rings is 1. The summed E-state index contributed by atoms with van der Waals surface area (Å²) >= 11 is 0. The van der Waals surface area contributed by atoms with E-state index in [1.54, 1.807) is 0 Å². The van der Waals surface area contributed by atoms with Gasteiger partial charge in [0.05, 0.1) is 23.6 Å². The predicted molar refractivity (Wildman–Crippen MR) is 137 cm³/mol. The number of carbonyl (C=O) groups excluding carboxylic acids is 2. The van der Waals surface area contributed by atoms with Crippen molar-refractivity contribution < 1.29 is 23.5 Å². The van der Waals surface area contributed by atoms with E-state index in [-0.39, 0.29) is 22.9 Å². The van der Waals surface area contributed by atoms with Gasteiger partial charge in [0.1, 0.15) is 5.52 Å². The standard InChI is InChI=1S/C29H27F2N3O3/c30-23-13-11-20-16-21(17-33-27(20)26(23)31)29(37)34-24(15-18-7-3-1-4-8-18)25(35)14-12-22(28(32)36)19-9-5-2-6-10-19/h1-11,13,16-17,22,24-25,35H,12,14-15H2,(H2,32,36)(H,34,37)/t22-,24+,25+/m1/s1. The van der Waals surface area contributed by atoms with Crippen molar-refractivity contribution in [1.82, 2.24) is 10.3 Å². The summed E-state index contributed by atoms with van der Waals surface area (Å²) in [5.41, 5.74) is 7.26. The number of rotatable bonds is 10. The lowest BCUT2D eigenvalue weighted by Gasteiger charge is -2.26. The highest BCUT2D eigenvalue weighted by atomic mass is 19.2. The number of halogens is 2. The minimum absolute atomic E-state index is 0.142. The Balaban J connectivity index is 1.53. The van der Waals surface area contributed by atoms with E-state index in [2.05, 4.69) is 10.3 Å². The summed E-state index contributed by atoms with van der Waals surface area (Å²) in [6, 6.07) is 21.5. The number of carbonyl (C=O) groups is 2. The van der Waals surface area contributed by atoms with Crippen LogP contribution < -0.4 is 11.1 Å². The first-order valence-corrected chi connectivity index (χ1v) is 11.9. The van der Waals surface area contributed by atoms with Crippen LogP contribution in [-0.2, 0) is 11.2 Å². The van der Waals surface area contributed by atoms with Crippen molar-refractivity contribution >= 4 is 22.7 Å². The van der Waals surface area contributed by atoms with Crippen molar-refractivity contribution in [2.24, 2.45) is 5.73 Å². The normalized spacial score (nSPS) is 13.6.